The Morgan fingerprint density at radius 3 is 2.94 bits per heavy atom. The third-order valence-electron chi connectivity index (χ3n) is 2.81. The Morgan fingerprint density at radius 2 is 2.22 bits per heavy atom. The van der Waals surface area contributed by atoms with Crippen LogP contribution in [-0.4, -0.2) is 11.5 Å². The molecule has 3 nitrogen and oxygen atoms in total. The van der Waals surface area contributed by atoms with Crippen molar-refractivity contribution in [2.75, 3.05) is 17.6 Å². The van der Waals surface area contributed by atoms with Crippen molar-refractivity contribution in [1.82, 2.24) is 4.98 Å². The lowest BCUT2D eigenvalue weighted by Gasteiger charge is -2.11. The van der Waals surface area contributed by atoms with Crippen molar-refractivity contribution in [2.24, 2.45) is 0 Å². The fourth-order valence-electron chi connectivity index (χ4n) is 1.72. The molecule has 0 amide bonds. The molecule has 2 rings (SSSR count). The molecule has 1 heterocycles. The highest BCUT2D eigenvalue weighted by molar-refractivity contribution is 9.10. The average molecular weight is 306 g/mol. The van der Waals surface area contributed by atoms with Crippen LogP contribution in [0.3, 0.4) is 0 Å². The minimum absolute atomic E-state index is 0.805. The fourth-order valence-corrected chi connectivity index (χ4v) is 2.22. The molecule has 0 saturated carbocycles. The molecular formula is C14H16BrN3. The topological polar surface area (TPSA) is 50.9 Å². The molecule has 94 valence electrons. The van der Waals surface area contributed by atoms with Crippen LogP contribution in [0, 0.1) is 6.92 Å². The van der Waals surface area contributed by atoms with Crippen molar-refractivity contribution >= 4 is 27.3 Å². The van der Waals surface area contributed by atoms with Gasteiger partial charge in [0.1, 0.15) is 0 Å². The molecule has 0 radical (unpaired) electrons. The fraction of sp³-hybridized carbons (Fsp3) is 0.214. The van der Waals surface area contributed by atoms with Gasteiger partial charge in [-0.3, -0.25) is 4.98 Å². The monoisotopic (exact) mass is 305 g/mol. The van der Waals surface area contributed by atoms with E-state index in [9.17, 15) is 0 Å². The summed E-state index contributed by atoms with van der Waals surface area (Å²) in [7, 11) is 0. The maximum absolute atomic E-state index is 5.84. The Kier molecular flexibility index (Phi) is 4.20. The Hall–Kier alpha value is -1.55. The molecule has 2 aromatic rings. The first kappa shape index (κ1) is 12.9. The van der Waals surface area contributed by atoms with Gasteiger partial charge in [-0.25, -0.2) is 0 Å². The average Bonchev–Trinajstić information content (AvgIpc) is 2.37. The number of halogens is 1. The predicted molar refractivity (Wildman–Crippen MR) is 79.7 cm³/mol. The van der Waals surface area contributed by atoms with Crippen LogP contribution in [0.2, 0.25) is 0 Å². The number of hydrogen-bond acceptors (Lipinski definition) is 3. The molecule has 18 heavy (non-hydrogen) atoms. The van der Waals surface area contributed by atoms with Gasteiger partial charge in [-0.2, -0.15) is 0 Å². The van der Waals surface area contributed by atoms with E-state index < -0.39 is 0 Å². The number of nitrogens with two attached hydrogens (primary N) is 1. The molecule has 0 aliphatic carbocycles. The first-order valence-electron chi connectivity index (χ1n) is 5.85. The van der Waals surface area contributed by atoms with Gasteiger partial charge in [-0.1, -0.05) is 6.07 Å². The van der Waals surface area contributed by atoms with Gasteiger partial charge in [0.25, 0.3) is 0 Å². The molecule has 1 aromatic carbocycles. The largest absolute Gasteiger partial charge is 0.398 e. The molecular weight excluding hydrogens is 290 g/mol. The predicted octanol–water partition coefficient (Wildman–Crippen LogP) is 3.39. The number of aryl methyl sites for hydroxylation is 1. The minimum Gasteiger partial charge on any atom is -0.398 e. The summed E-state index contributed by atoms with van der Waals surface area (Å²) in [5, 5.41) is 3.40. The number of hydrogen-bond donors (Lipinski definition) is 2. The van der Waals surface area contributed by atoms with Crippen molar-refractivity contribution in [3.05, 3.63) is 52.3 Å². The normalized spacial score (nSPS) is 10.3. The van der Waals surface area contributed by atoms with Crippen LogP contribution in [0.4, 0.5) is 11.4 Å². The van der Waals surface area contributed by atoms with Crippen molar-refractivity contribution in [3.8, 4) is 0 Å². The van der Waals surface area contributed by atoms with Crippen LogP contribution < -0.4 is 11.1 Å². The van der Waals surface area contributed by atoms with E-state index in [0.29, 0.717) is 0 Å². The summed E-state index contributed by atoms with van der Waals surface area (Å²) in [5.41, 5.74) is 10.0. The van der Waals surface area contributed by atoms with Crippen LogP contribution in [0.1, 0.15) is 11.1 Å². The quantitative estimate of drug-likeness (QED) is 0.851. The van der Waals surface area contributed by atoms with Crippen LogP contribution in [0.5, 0.6) is 0 Å². The SMILES string of the molecule is Cc1cc(NCCc2cccnc2)c(Br)cc1N. The van der Waals surface area contributed by atoms with E-state index in [4.69, 9.17) is 5.73 Å². The van der Waals surface area contributed by atoms with Crippen LogP contribution in [0.15, 0.2) is 41.1 Å². The first-order valence-corrected chi connectivity index (χ1v) is 6.64. The first-order chi connectivity index (χ1) is 8.66. The van der Waals surface area contributed by atoms with Crippen LogP contribution in [-0.2, 0) is 6.42 Å². The molecule has 0 fully saturated rings. The number of nitrogens with zero attached hydrogens (tertiary/aromatic N) is 1. The molecule has 0 bridgehead atoms. The summed E-state index contributed by atoms with van der Waals surface area (Å²) in [6.07, 6.45) is 4.63. The highest BCUT2D eigenvalue weighted by atomic mass is 79.9. The maximum Gasteiger partial charge on any atom is 0.0488 e. The Balaban J connectivity index is 1.97. The number of benzene rings is 1. The molecule has 0 spiro atoms. The number of pyridine rings is 1. The van der Waals surface area contributed by atoms with Gasteiger partial charge in [0, 0.05) is 34.8 Å². The van der Waals surface area contributed by atoms with Gasteiger partial charge in [-0.05, 0) is 58.6 Å². The smallest absolute Gasteiger partial charge is 0.0488 e. The molecule has 3 N–H and O–H groups in total. The van der Waals surface area contributed by atoms with Gasteiger partial charge in [0.2, 0.25) is 0 Å². The van der Waals surface area contributed by atoms with Gasteiger partial charge in [0.05, 0.1) is 0 Å². The summed E-state index contributed by atoms with van der Waals surface area (Å²) in [4.78, 5) is 4.10. The standard InChI is InChI=1S/C14H16BrN3/c1-10-7-14(12(15)8-13(10)16)18-6-4-11-3-2-5-17-9-11/h2-3,5,7-9,18H,4,6,16H2,1H3. The van der Waals surface area contributed by atoms with E-state index in [1.807, 2.05) is 25.3 Å². The number of anilines is 2. The minimum atomic E-state index is 0.805. The summed E-state index contributed by atoms with van der Waals surface area (Å²) in [5.74, 6) is 0. The van der Waals surface area contributed by atoms with Crippen molar-refractivity contribution in [1.29, 1.82) is 0 Å². The van der Waals surface area contributed by atoms with Crippen LogP contribution >= 0.6 is 15.9 Å². The van der Waals surface area contributed by atoms with E-state index >= 15 is 0 Å². The van der Waals surface area contributed by atoms with E-state index in [0.717, 1.165) is 34.4 Å². The molecule has 4 heteroatoms. The number of rotatable bonds is 4. The van der Waals surface area contributed by atoms with Gasteiger partial charge >= 0.3 is 0 Å². The third-order valence-corrected chi connectivity index (χ3v) is 3.46. The second-order valence-electron chi connectivity index (χ2n) is 4.23. The summed E-state index contributed by atoms with van der Waals surface area (Å²) in [6, 6.07) is 8.03. The molecule has 1 aromatic heterocycles. The second kappa shape index (κ2) is 5.87. The molecule has 0 aliphatic heterocycles. The highest BCUT2D eigenvalue weighted by Crippen LogP contribution is 2.27. The Morgan fingerprint density at radius 1 is 1.39 bits per heavy atom. The zero-order chi connectivity index (χ0) is 13.0. The summed E-state index contributed by atoms with van der Waals surface area (Å²) in [6.45, 7) is 2.88. The lowest BCUT2D eigenvalue weighted by Crippen LogP contribution is -2.06. The van der Waals surface area contributed by atoms with E-state index in [-0.39, 0.29) is 0 Å². The molecule has 0 unspecified atom stereocenters. The maximum atomic E-state index is 5.84. The Bertz CT molecular complexity index is 526. The van der Waals surface area contributed by atoms with Crippen molar-refractivity contribution in [2.45, 2.75) is 13.3 Å². The Labute approximate surface area is 116 Å². The number of nitrogen functional groups attached to an aromatic ring is 1. The molecule has 0 atom stereocenters. The summed E-state index contributed by atoms with van der Waals surface area (Å²) < 4.78 is 0.997. The third kappa shape index (κ3) is 3.23. The lowest BCUT2D eigenvalue weighted by atomic mass is 10.1. The van der Waals surface area contributed by atoms with Crippen molar-refractivity contribution in [3.63, 3.8) is 0 Å². The number of aromatic nitrogens is 1. The van der Waals surface area contributed by atoms with E-state index in [2.05, 4.69) is 38.4 Å². The molecule has 0 saturated heterocycles. The highest BCUT2D eigenvalue weighted by Gasteiger charge is 2.03. The zero-order valence-corrected chi connectivity index (χ0v) is 11.9. The summed E-state index contributed by atoms with van der Waals surface area (Å²) >= 11 is 3.51. The van der Waals surface area contributed by atoms with Crippen molar-refractivity contribution < 1.29 is 0 Å². The number of nitrogens with one attached hydrogen (secondary N) is 1. The lowest BCUT2D eigenvalue weighted by molar-refractivity contribution is 1.00. The van der Waals surface area contributed by atoms with Gasteiger partial charge in [0.15, 0.2) is 0 Å². The zero-order valence-electron chi connectivity index (χ0n) is 10.3. The second-order valence-corrected chi connectivity index (χ2v) is 5.08. The van der Waals surface area contributed by atoms with E-state index in [1.54, 1.807) is 6.20 Å². The van der Waals surface area contributed by atoms with Gasteiger partial charge in [-0.15, -0.1) is 0 Å². The van der Waals surface area contributed by atoms with Gasteiger partial charge < -0.3 is 11.1 Å². The molecule has 0 aliphatic rings. The van der Waals surface area contributed by atoms with E-state index in [1.165, 1.54) is 5.56 Å². The van der Waals surface area contributed by atoms with Crippen LogP contribution in [0.25, 0.3) is 0 Å².